The van der Waals surface area contributed by atoms with Crippen LogP contribution in [0.3, 0.4) is 0 Å². The van der Waals surface area contributed by atoms with Gasteiger partial charge >= 0.3 is 0 Å². The molecule has 5 heteroatoms. The summed E-state index contributed by atoms with van der Waals surface area (Å²) in [5.41, 5.74) is 2.99. The van der Waals surface area contributed by atoms with Crippen molar-refractivity contribution >= 4 is 23.2 Å². The minimum Gasteiger partial charge on any atom is -0.284 e. The Morgan fingerprint density at radius 3 is 2.57 bits per heavy atom. The lowest BCUT2D eigenvalue weighted by atomic mass is 9.70. The normalized spacial score (nSPS) is 27.5. The van der Waals surface area contributed by atoms with Crippen LogP contribution in [0.25, 0.3) is 5.69 Å². The standard InChI is InChI=1S/C18H20Cl2N2O/c1-17(2)10-8-9-18(17,3)15-13(10)16(23)22(21(15)4)12-7-5-6-11(19)14(12)20/h5-7,10H,8-9H2,1-4H3. The Balaban J connectivity index is 2.05. The van der Waals surface area contributed by atoms with Gasteiger partial charge in [-0.05, 0) is 36.3 Å². The van der Waals surface area contributed by atoms with Crippen LogP contribution < -0.4 is 5.56 Å². The first kappa shape index (κ1) is 15.3. The van der Waals surface area contributed by atoms with E-state index in [1.54, 1.807) is 10.7 Å². The van der Waals surface area contributed by atoms with Crippen molar-refractivity contribution in [3.8, 4) is 5.69 Å². The van der Waals surface area contributed by atoms with Crippen LogP contribution in [-0.2, 0) is 12.5 Å². The van der Waals surface area contributed by atoms with E-state index in [1.807, 2.05) is 23.9 Å². The van der Waals surface area contributed by atoms with Gasteiger partial charge in [0, 0.05) is 18.0 Å². The first-order chi connectivity index (χ1) is 10.7. The molecule has 1 aromatic heterocycles. The van der Waals surface area contributed by atoms with Gasteiger partial charge in [0.25, 0.3) is 5.56 Å². The van der Waals surface area contributed by atoms with Crippen molar-refractivity contribution in [2.75, 3.05) is 0 Å². The van der Waals surface area contributed by atoms with Crippen LogP contribution >= 0.6 is 23.2 Å². The monoisotopic (exact) mass is 350 g/mol. The summed E-state index contributed by atoms with van der Waals surface area (Å²) in [6, 6.07) is 5.41. The molecule has 4 rings (SSSR count). The average Bonchev–Trinajstić information content (AvgIpc) is 2.94. The highest BCUT2D eigenvalue weighted by atomic mass is 35.5. The predicted molar refractivity (Wildman–Crippen MR) is 94.1 cm³/mol. The third-order valence-corrected chi connectivity index (χ3v) is 7.37. The number of hydrogen-bond acceptors (Lipinski definition) is 1. The largest absolute Gasteiger partial charge is 0.284 e. The van der Waals surface area contributed by atoms with E-state index in [9.17, 15) is 4.79 Å². The number of rotatable bonds is 1. The van der Waals surface area contributed by atoms with Crippen LogP contribution in [0, 0.1) is 5.41 Å². The SMILES string of the molecule is Cn1c2c(c(=O)n1-c1cccc(Cl)c1Cl)C1CCC2(C)C1(C)C. The van der Waals surface area contributed by atoms with Crippen LogP contribution in [0.2, 0.25) is 10.0 Å². The molecule has 23 heavy (non-hydrogen) atoms. The zero-order valence-electron chi connectivity index (χ0n) is 13.8. The van der Waals surface area contributed by atoms with Crippen molar-refractivity contribution in [1.82, 2.24) is 9.36 Å². The highest BCUT2D eigenvalue weighted by Crippen LogP contribution is 2.66. The number of fused-ring (bicyclic) bond motifs is 5. The highest BCUT2D eigenvalue weighted by Gasteiger charge is 2.62. The topological polar surface area (TPSA) is 26.9 Å². The van der Waals surface area contributed by atoms with Crippen molar-refractivity contribution < 1.29 is 0 Å². The van der Waals surface area contributed by atoms with Gasteiger partial charge in [0.2, 0.25) is 0 Å². The van der Waals surface area contributed by atoms with Gasteiger partial charge in [-0.15, -0.1) is 0 Å². The Hall–Kier alpha value is -1.19. The minimum atomic E-state index is 0.0250. The first-order valence-corrected chi connectivity index (χ1v) is 8.74. The fourth-order valence-corrected chi connectivity index (χ4v) is 5.33. The number of halogens is 2. The van der Waals surface area contributed by atoms with Gasteiger partial charge in [0.05, 0.1) is 21.4 Å². The Kier molecular flexibility index (Phi) is 2.97. The molecular weight excluding hydrogens is 331 g/mol. The van der Waals surface area contributed by atoms with Crippen LogP contribution in [-0.4, -0.2) is 9.36 Å². The number of aromatic nitrogens is 2. The maximum Gasteiger partial charge on any atom is 0.275 e. The number of benzene rings is 1. The molecule has 0 amide bonds. The fourth-order valence-electron chi connectivity index (χ4n) is 4.95. The van der Waals surface area contributed by atoms with E-state index in [2.05, 4.69) is 20.8 Å². The maximum absolute atomic E-state index is 13.2. The van der Waals surface area contributed by atoms with Crippen LogP contribution in [0.5, 0.6) is 0 Å². The van der Waals surface area contributed by atoms with Crippen molar-refractivity contribution in [3.05, 3.63) is 49.9 Å². The smallest absolute Gasteiger partial charge is 0.275 e. The van der Waals surface area contributed by atoms with Crippen molar-refractivity contribution in [1.29, 1.82) is 0 Å². The fraction of sp³-hybridized carbons (Fsp3) is 0.500. The third-order valence-electron chi connectivity index (χ3n) is 6.56. The Bertz CT molecular complexity index is 893. The zero-order valence-corrected chi connectivity index (χ0v) is 15.3. The van der Waals surface area contributed by atoms with Gasteiger partial charge in [-0.1, -0.05) is 50.0 Å². The molecule has 122 valence electrons. The minimum absolute atomic E-state index is 0.0250. The van der Waals surface area contributed by atoms with E-state index in [0.29, 0.717) is 21.7 Å². The molecule has 1 aromatic carbocycles. The highest BCUT2D eigenvalue weighted by molar-refractivity contribution is 6.43. The van der Waals surface area contributed by atoms with Gasteiger partial charge in [-0.25, -0.2) is 4.68 Å². The summed E-state index contributed by atoms with van der Waals surface area (Å²) in [7, 11) is 1.96. The van der Waals surface area contributed by atoms with Crippen molar-refractivity contribution in [3.63, 3.8) is 0 Å². The molecule has 0 spiro atoms. The predicted octanol–water partition coefficient (Wildman–Crippen LogP) is 4.66. The summed E-state index contributed by atoms with van der Waals surface area (Å²) < 4.78 is 3.68. The van der Waals surface area contributed by atoms with Crippen molar-refractivity contribution in [2.24, 2.45) is 12.5 Å². The molecule has 3 nitrogen and oxygen atoms in total. The summed E-state index contributed by atoms with van der Waals surface area (Å²) in [5.74, 6) is 0.320. The lowest BCUT2D eigenvalue weighted by Crippen LogP contribution is -2.35. The molecule has 2 bridgehead atoms. The summed E-state index contributed by atoms with van der Waals surface area (Å²) in [6.07, 6.45) is 2.21. The van der Waals surface area contributed by atoms with E-state index in [4.69, 9.17) is 23.2 Å². The van der Waals surface area contributed by atoms with E-state index < -0.39 is 0 Å². The summed E-state index contributed by atoms with van der Waals surface area (Å²) >= 11 is 12.5. The molecule has 2 aliphatic carbocycles. The van der Waals surface area contributed by atoms with Crippen molar-refractivity contribution in [2.45, 2.75) is 44.9 Å². The third kappa shape index (κ3) is 1.60. The van der Waals surface area contributed by atoms with E-state index in [1.165, 1.54) is 5.69 Å². The summed E-state index contributed by atoms with van der Waals surface area (Å²) in [4.78, 5) is 13.2. The molecule has 1 saturated carbocycles. The second-order valence-corrected chi connectivity index (χ2v) is 8.41. The van der Waals surface area contributed by atoms with Gasteiger partial charge in [-0.2, -0.15) is 0 Å². The van der Waals surface area contributed by atoms with Crippen LogP contribution in [0.4, 0.5) is 0 Å². The molecule has 0 radical (unpaired) electrons. The lowest BCUT2D eigenvalue weighted by molar-refractivity contribution is 0.218. The lowest BCUT2D eigenvalue weighted by Gasteiger charge is -2.36. The molecule has 2 atom stereocenters. The van der Waals surface area contributed by atoms with E-state index >= 15 is 0 Å². The molecule has 0 saturated heterocycles. The number of nitrogens with zero attached hydrogens (tertiary/aromatic N) is 2. The Labute approximate surface area is 145 Å². The van der Waals surface area contributed by atoms with Gasteiger partial charge in [-0.3, -0.25) is 9.48 Å². The Morgan fingerprint density at radius 2 is 1.91 bits per heavy atom. The molecule has 2 aromatic rings. The molecule has 0 aliphatic heterocycles. The quantitative estimate of drug-likeness (QED) is 0.734. The van der Waals surface area contributed by atoms with Crippen LogP contribution in [0.15, 0.2) is 23.0 Å². The zero-order chi connectivity index (χ0) is 16.7. The number of hydrogen-bond donors (Lipinski definition) is 0. The molecule has 2 unspecified atom stereocenters. The molecule has 0 N–H and O–H groups in total. The van der Waals surface area contributed by atoms with Gasteiger partial charge < -0.3 is 0 Å². The van der Waals surface area contributed by atoms with Gasteiger partial charge in [0.1, 0.15) is 0 Å². The van der Waals surface area contributed by atoms with Gasteiger partial charge in [0.15, 0.2) is 0 Å². The molecule has 1 fully saturated rings. The van der Waals surface area contributed by atoms with E-state index in [-0.39, 0.29) is 16.4 Å². The average molecular weight is 351 g/mol. The second-order valence-electron chi connectivity index (χ2n) is 7.62. The van der Waals surface area contributed by atoms with Crippen LogP contribution in [0.1, 0.15) is 50.8 Å². The Morgan fingerprint density at radius 1 is 1.22 bits per heavy atom. The summed E-state index contributed by atoms with van der Waals surface area (Å²) in [6.45, 7) is 6.88. The molecule has 1 heterocycles. The summed E-state index contributed by atoms with van der Waals surface area (Å²) in [5, 5.41) is 0.888. The maximum atomic E-state index is 13.2. The molecular formula is C18H20Cl2N2O. The second kappa shape index (κ2) is 4.46. The van der Waals surface area contributed by atoms with E-state index in [0.717, 1.165) is 18.4 Å². The molecule has 2 aliphatic rings. The first-order valence-electron chi connectivity index (χ1n) is 7.98.